The van der Waals surface area contributed by atoms with Crippen molar-refractivity contribution in [3.8, 4) is 0 Å². The van der Waals surface area contributed by atoms with Gasteiger partial charge < -0.3 is 24.1 Å². The van der Waals surface area contributed by atoms with Crippen LogP contribution >= 0.6 is 0 Å². The highest BCUT2D eigenvalue weighted by Gasteiger charge is 2.42. The summed E-state index contributed by atoms with van der Waals surface area (Å²) >= 11 is 0. The standard InChI is InChI=1S/C27H32N2O5/c1-16-6-11-23(34-16)26-24(27(31)33-13-12-32-5)17(2)28-21-14-19(15-22(30)25(21)26)18-7-9-20(10-8-18)29(3)4/h6-11,19,26,28H,12-15H2,1-5H3. The average Bonchev–Trinajstić information content (AvgIpc) is 3.24. The van der Waals surface area contributed by atoms with Gasteiger partial charge in [0.1, 0.15) is 18.1 Å². The molecule has 2 atom stereocenters. The van der Waals surface area contributed by atoms with Crippen molar-refractivity contribution in [1.29, 1.82) is 0 Å². The molecule has 2 aromatic rings. The Labute approximate surface area is 200 Å². The maximum Gasteiger partial charge on any atom is 0.336 e. The third-order valence-electron chi connectivity index (χ3n) is 6.49. The summed E-state index contributed by atoms with van der Waals surface area (Å²) in [7, 11) is 5.56. The zero-order valence-electron chi connectivity index (χ0n) is 20.4. The predicted octanol–water partition coefficient (Wildman–Crippen LogP) is 4.21. The Hall–Kier alpha value is -3.32. The average molecular weight is 465 g/mol. The highest BCUT2D eigenvalue weighted by Crippen LogP contribution is 2.46. The highest BCUT2D eigenvalue weighted by atomic mass is 16.6. The SMILES string of the molecule is COCCOC(=O)C1=C(C)NC2=C(C(=O)CC(c3ccc(N(C)C)cc3)C2)C1c1ccc(C)o1. The number of furan rings is 1. The molecule has 1 aliphatic carbocycles. The smallest absolute Gasteiger partial charge is 0.336 e. The zero-order chi connectivity index (χ0) is 24.4. The molecule has 0 bridgehead atoms. The van der Waals surface area contributed by atoms with Crippen molar-refractivity contribution in [2.24, 2.45) is 0 Å². The molecule has 0 amide bonds. The summed E-state index contributed by atoms with van der Waals surface area (Å²) in [5.41, 5.74) is 4.78. The number of nitrogens with one attached hydrogen (secondary N) is 1. The zero-order valence-corrected chi connectivity index (χ0v) is 20.4. The molecule has 4 rings (SSSR count). The Kier molecular flexibility index (Phi) is 6.93. The molecule has 34 heavy (non-hydrogen) atoms. The van der Waals surface area contributed by atoms with Crippen LogP contribution in [0, 0.1) is 6.92 Å². The lowest BCUT2D eigenvalue weighted by atomic mass is 9.73. The number of rotatable bonds is 7. The van der Waals surface area contributed by atoms with Gasteiger partial charge in [-0.1, -0.05) is 12.1 Å². The summed E-state index contributed by atoms with van der Waals surface area (Å²) < 4.78 is 16.4. The summed E-state index contributed by atoms with van der Waals surface area (Å²) in [6.45, 7) is 4.14. The normalized spacial score (nSPS) is 20.2. The molecule has 180 valence electrons. The van der Waals surface area contributed by atoms with Crippen molar-refractivity contribution in [2.45, 2.75) is 38.5 Å². The molecule has 1 aromatic carbocycles. The third kappa shape index (κ3) is 4.66. The van der Waals surface area contributed by atoms with E-state index in [9.17, 15) is 9.59 Å². The molecule has 0 saturated carbocycles. The van der Waals surface area contributed by atoms with Crippen molar-refractivity contribution >= 4 is 17.4 Å². The molecule has 0 spiro atoms. The first-order valence-electron chi connectivity index (χ1n) is 11.5. The minimum absolute atomic E-state index is 0.0178. The number of carbonyl (C=O) groups is 2. The number of ether oxygens (including phenoxy) is 2. The number of allylic oxidation sites excluding steroid dienone is 3. The van der Waals surface area contributed by atoms with Crippen molar-refractivity contribution < 1.29 is 23.5 Å². The molecular weight excluding hydrogens is 432 g/mol. The van der Waals surface area contributed by atoms with E-state index in [2.05, 4.69) is 34.5 Å². The van der Waals surface area contributed by atoms with Gasteiger partial charge in [-0.2, -0.15) is 0 Å². The molecule has 1 N–H and O–H groups in total. The van der Waals surface area contributed by atoms with E-state index in [1.807, 2.05) is 40.1 Å². The number of esters is 1. The van der Waals surface area contributed by atoms with Gasteiger partial charge in [0.15, 0.2) is 5.78 Å². The van der Waals surface area contributed by atoms with E-state index >= 15 is 0 Å². The topological polar surface area (TPSA) is 81.0 Å². The van der Waals surface area contributed by atoms with E-state index in [0.29, 0.717) is 42.1 Å². The Bertz CT molecular complexity index is 1140. The Morgan fingerprint density at radius 2 is 1.82 bits per heavy atom. The molecule has 1 aromatic heterocycles. The van der Waals surface area contributed by atoms with Crippen LogP contribution in [-0.2, 0) is 19.1 Å². The lowest BCUT2D eigenvalue weighted by Crippen LogP contribution is -2.36. The molecule has 1 aliphatic heterocycles. The molecule has 0 saturated heterocycles. The number of nitrogens with zero attached hydrogens (tertiary/aromatic N) is 1. The second-order valence-electron chi connectivity index (χ2n) is 9.08. The van der Waals surface area contributed by atoms with Crippen LogP contribution in [0.15, 0.2) is 63.4 Å². The molecular formula is C27H32N2O5. The minimum atomic E-state index is -0.593. The lowest BCUT2D eigenvalue weighted by molar-refractivity contribution is -0.140. The molecule has 7 heteroatoms. The van der Waals surface area contributed by atoms with E-state index in [1.54, 1.807) is 7.11 Å². The van der Waals surface area contributed by atoms with Gasteiger partial charge >= 0.3 is 5.97 Å². The van der Waals surface area contributed by atoms with Gasteiger partial charge in [0, 0.05) is 50.3 Å². The third-order valence-corrected chi connectivity index (χ3v) is 6.49. The summed E-state index contributed by atoms with van der Waals surface area (Å²) in [6.07, 6.45) is 1.06. The maximum atomic E-state index is 13.6. The lowest BCUT2D eigenvalue weighted by Gasteiger charge is -2.35. The van der Waals surface area contributed by atoms with Crippen LogP contribution in [0.5, 0.6) is 0 Å². The number of Topliss-reactive ketones (excluding diaryl/α,β-unsaturated/α-hetero) is 1. The number of carbonyl (C=O) groups excluding carboxylic acids is 2. The Morgan fingerprint density at radius 1 is 1.09 bits per heavy atom. The number of hydrogen-bond acceptors (Lipinski definition) is 7. The van der Waals surface area contributed by atoms with E-state index in [4.69, 9.17) is 13.9 Å². The molecule has 7 nitrogen and oxygen atoms in total. The molecule has 0 fully saturated rings. The van der Waals surface area contributed by atoms with Gasteiger partial charge in [-0.3, -0.25) is 4.79 Å². The number of aryl methyl sites for hydroxylation is 1. The largest absolute Gasteiger partial charge is 0.465 e. The van der Waals surface area contributed by atoms with Gasteiger partial charge in [-0.15, -0.1) is 0 Å². The number of ketones is 1. The summed E-state index contributed by atoms with van der Waals surface area (Å²) in [4.78, 5) is 28.7. The fourth-order valence-electron chi connectivity index (χ4n) is 4.78. The molecule has 2 heterocycles. The maximum absolute atomic E-state index is 13.6. The van der Waals surface area contributed by atoms with Gasteiger partial charge in [-0.05, 0) is 56.0 Å². The minimum Gasteiger partial charge on any atom is -0.465 e. The number of dihydropyridines is 1. The number of hydrogen-bond donors (Lipinski definition) is 1. The van der Waals surface area contributed by atoms with Crippen LogP contribution in [0.4, 0.5) is 5.69 Å². The van der Waals surface area contributed by atoms with Crippen molar-refractivity contribution in [3.05, 3.63) is 76.0 Å². The first-order valence-corrected chi connectivity index (χ1v) is 11.5. The quantitative estimate of drug-likeness (QED) is 0.486. The van der Waals surface area contributed by atoms with Gasteiger partial charge in [0.2, 0.25) is 0 Å². The predicted molar refractivity (Wildman–Crippen MR) is 130 cm³/mol. The van der Waals surface area contributed by atoms with Gasteiger partial charge in [0.25, 0.3) is 0 Å². The monoisotopic (exact) mass is 464 g/mol. The van der Waals surface area contributed by atoms with Gasteiger partial charge in [0.05, 0.1) is 18.1 Å². The number of methoxy groups -OCH3 is 1. The highest BCUT2D eigenvalue weighted by molar-refractivity contribution is 6.04. The van der Waals surface area contributed by atoms with Crippen molar-refractivity contribution in [3.63, 3.8) is 0 Å². The fraction of sp³-hybridized carbons (Fsp3) is 0.407. The van der Waals surface area contributed by atoms with Crippen molar-refractivity contribution in [2.75, 3.05) is 39.3 Å². The first kappa shape index (κ1) is 23.8. The van der Waals surface area contributed by atoms with Crippen LogP contribution in [0.2, 0.25) is 0 Å². The summed E-state index contributed by atoms with van der Waals surface area (Å²) in [5, 5.41) is 3.36. The molecule has 2 unspecified atom stereocenters. The number of anilines is 1. The van der Waals surface area contributed by atoms with E-state index in [1.165, 1.54) is 0 Å². The Morgan fingerprint density at radius 3 is 2.44 bits per heavy atom. The second kappa shape index (κ2) is 9.89. The summed E-state index contributed by atoms with van der Waals surface area (Å²) in [6, 6.07) is 12.0. The van der Waals surface area contributed by atoms with Crippen LogP contribution in [-0.4, -0.2) is 46.2 Å². The van der Waals surface area contributed by atoms with Crippen molar-refractivity contribution in [1.82, 2.24) is 5.32 Å². The Balaban J connectivity index is 1.69. The van der Waals surface area contributed by atoms with E-state index in [0.717, 1.165) is 22.7 Å². The van der Waals surface area contributed by atoms with Gasteiger partial charge in [-0.25, -0.2) is 4.79 Å². The summed E-state index contributed by atoms with van der Waals surface area (Å²) in [5.74, 6) is 0.321. The van der Waals surface area contributed by atoms with Crippen LogP contribution in [0.25, 0.3) is 0 Å². The van der Waals surface area contributed by atoms with Crippen LogP contribution < -0.4 is 10.2 Å². The molecule has 2 aliphatic rings. The van der Waals surface area contributed by atoms with Crippen LogP contribution in [0.1, 0.15) is 48.7 Å². The molecule has 0 radical (unpaired) electrons. The van der Waals surface area contributed by atoms with E-state index < -0.39 is 11.9 Å². The first-order chi connectivity index (χ1) is 16.3. The second-order valence-corrected chi connectivity index (χ2v) is 9.08. The fourth-order valence-corrected chi connectivity index (χ4v) is 4.78. The van der Waals surface area contributed by atoms with Crippen LogP contribution in [0.3, 0.4) is 0 Å². The number of benzene rings is 1. The van der Waals surface area contributed by atoms with E-state index in [-0.39, 0.29) is 18.3 Å².